The summed E-state index contributed by atoms with van der Waals surface area (Å²) in [6, 6.07) is 12.2. The van der Waals surface area contributed by atoms with E-state index >= 15 is 0 Å². The number of ether oxygens (including phenoxy) is 10. The smallest absolute Gasteiger partial charge is 0.342 e. The van der Waals surface area contributed by atoms with E-state index in [1.165, 1.54) is 42.5 Å². The van der Waals surface area contributed by atoms with Crippen LogP contribution < -0.4 is 43.6 Å². The highest BCUT2D eigenvalue weighted by molar-refractivity contribution is 5.96. The number of hydrogen-bond acceptors (Lipinski definition) is 27. The molecule has 5 aromatic carbocycles. The number of nitrogen functional groups attached to an aromatic ring is 1. The average Bonchev–Trinajstić information content (AvgIpc) is 0.843. The largest absolute Gasteiger partial charge is 0.504 e. The zero-order valence-corrected chi connectivity index (χ0v) is 54.3. The maximum absolute atomic E-state index is 12.1. The molecule has 0 amide bonds. The van der Waals surface area contributed by atoms with Gasteiger partial charge < -0.3 is 68.4 Å². The number of nitrogens with zero attached hydrogens (tertiary/aromatic N) is 4. The zero-order valence-electron chi connectivity index (χ0n) is 54.3. The maximum Gasteiger partial charge on any atom is 0.342 e. The fourth-order valence-electron chi connectivity index (χ4n) is 7.10. The van der Waals surface area contributed by atoms with Crippen molar-refractivity contribution >= 4 is 64.9 Å². The summed E-state index contributed by atoms with van der Waals surface area (Å²) in [5.74, 6) is -5.24. The van der Waals surface area contributed by atoms with E-state index in [-0.39, 0.29) is 125 Å². The number of carbonyl (C=O) groups is 6. The van der Waals surface area contributed by atoms with E-state index in [4.69, 9.17) is 58.2 Å². The van der Waals surface area contributed by atoms with Gasteiger partial charge in [0.2, 0.25) is 23.0 Å². The third-order valence-electron chi connectivity index (χ3n) is 10.7. The van der Waals surface area contributed by atoms with Gasteiger partial charge in [-0.3, -0.25) is 54.8 Å². The summed E-state index contributed by atoms with van der Waals surface area (Å²) in [4.78, 5) is 108. The molecule has 5 rings (SSSR count). The van der Waals surface area contributed by atoms with Gasteiger partial charge in [-0.1, -0.05) is 50.6 Å². The van der Waals surface area contributed by atoms with Crippen molar-refractivity contribution in [2.24, 2.45) is 0 Å². The first kappa shape index (κ1) is 81.9. The van der Waals surface area contributed by atoms with Crippen LogP contribution in [0, 0.1) is 40.5 Å². The lowest BCUT2D eigenvalue weighted by Gasteiger charge is -2.18. The van der Waals surface area contributed by atoms with Gasteiger partial charge in [0.05, 0.1) is 67.0 Å². The summed E-state index contributed by atoms with van der Waals surface area (Å²) in [7, 11) is 0. The third-order valence-corrected chi connectivity index (χ3v) is 10.7. The minimum absolute atomic E-state index is 0.0106. The quantitative estimate of drug-likeness (QED) is 0.00631. The number of hydrogen-bond donors (Lipinski definition) is 4. The third kappa shape index (κ3) is 25.5. The van der Waals surface area contributed by atoms with Crippen LogP contribution in [0.15, 0.2) is 111 Å². The minimum Gasteiger partial charge on any atom is -0.504 e. The van der Waals surface area contributed by atoms with E-state index in [2.05, 4.69) is 26.3 Å². The lowest BCUT2D eigenvalue weighted by molar-refractivity contribution is -0.386. The average molecular weight is 1350 g/mol. The molecule has 32 nitrogen and oxygen atoms in total. The van der Waals surface area contributed by atoms with Crippen molar-refractivity contribution < 1.29 is 111 Å². The number of nitrogens with two attached hydrogens (primary N) is 1. The fraction of sp³-hybridized carbons (Fsp3) is 0.312. The second-order valence-electron chi connectivity index (χ2n) is 20.1. The van der Waals surface area contributed by atoms with Crippen LogP contribution in [0.3, 0.4) is 0 Å². The molecule has 5 N–H and O–H groups in total. The molecule has 0 spiro atoms. The van der Waals surface area contributed by atoms with Gasteiger partial charge in [-0.05, 0) is 106 Å². The Hall–Kier alpha value is -12.1. The number of aldehydes is 2. The van der Waals surface area contributed by atoms with Crippen molar-refractivity contribution in [3.05, 3.63) is 180 Å². The number of esters is 3. The van der Waals surface area contributed by atoms with Crippen molar-refractivity contribution in [3.63, 3.8) is 0 Å². The van der Waals surface area contributed by atoms with Crippen LogP contribution in [0.5, 0.6) is 57.5 Å². The topological polar surface area (TPSA) is 454 Å². The number of carbonyl (C=O) groups excluding carboxylic acids is 5. The first-order chi connectivity index (χ1) is 45.1. The Morgan fingerprint density at radius 2 is 0.760 bits per heavy atom. The highest BCUT2D eigenvalue weighted by Crippen LogP contribution is 2.44. The predicted octanol–water partition coefficient (Wildman–Crippen LogP) is 12.1. The van der Waals surface area contributed by atoms with Crippen LogP contribution in [0.25, 0.3) is 0 Å². The summed E-state index contributed by atoms with van der Waals surface area (Å²) >= 11 is 0. The number of rotatable bonds is 30. The number of anilines is 1. The molecule has 5 aromatic rings. The van der Waals surface area contributed by atoms with Gasteiger partial charge in [-0.15, -0.1) is 0 Å². The van der Waals surface area contributed by atoms with Gasteiger partial charge in [0.1, 0.15) is 43.1 Å². The molecule has 0 aliphatic heterocycles. The number of aromatic carboxylic acids is 1. The van der Waals surface area contributed by atoms with Crippen LogP contribution >= 0.6 is 0 Å². The molecule has 0 aliphatic carbocycles. The molecule has 0 heterocycles. The first-order valence-electron chi connectivity index (χ1n) is 28.4. The molecule has 0 aromatic heterocycles. The molecular formula is C64H75N5O27. The van der Waals surface area contributed by atoms with E-state index in [0.29, 0.717) is 24.0 Å². The number of phenolic OH excluding ortho intramolecular Hbond substituents is 1. The maximum atomic E-state index is 12.1. The van der Waals surface area contributed by atoms with Gasteiger partial charge in [-0.2, -0.15) is 0 Å². The second-order valence-corrected chi connectivity index (χ2v) is 20.1. The van der Waals surface area contributed by atoms with Gasteiger partial charge in [0, 0.05) is 31.2 Å². The zero-order chi connectivity index (χ0) is 73.3. The number of benzene rings is 5. The highest BCUT2D eigenvalue weighted by Gasteiger charge is 2.31. The predicted molar refractivity (Wildman–Crippen MR) is 347 cm³/mol. The van der Waals surface area contributed by atoms with Crippen molar-refractivity contribution in [2.75, 3.05) is 32.2 Å². The number of carboxylic acid groups (broad SMARTS) is 1. The molecule has 0 radical (unpaired) electrons. The molecule has 518 valence electrons. The van der Waals surface area contributed by atoms with E-state index in [1.54, 1.807) is 73.6 Å². The van der Waals surface area contributed by atoms with E-state index in [0.717, 1.165) is 31.2 Å². The molecule has 0 aliphatic rings. The molecule has 0 bridgehead atoms. The van der Waals surface area contributed by atoms with Crippen molar-refractivity contribution in [1.82, 2.24) is 0 Å². The number of carboxylic acids is 1. The van der Waals surface area contributed by atoms with E-state index in [1.807, 2.05) is 13.8 Å². The normalized spacial score (nSPS) is 10.1. The van der Waals surface area contributed by atoms with Crippen LogP contribution in [0.2, 0.25) is 0 Å². The highest BCUT2D eigenvalue weighted by atomic mass is 16.7. The van der Waals surface area contributed by atoms with E-state index in [9.17, 15) is 79.4 Å². The monoisotopic (exact) mass is 1350 g/mol. The number of phenols is 2. The first-order valence-corrected chi connectivity index (χ1v) is 28.4. The molecule has 32 heteroatoms. The Balaban J connectivity index is 0.000000603. The number of nitro groups is 4. The van der Waals surface area contributed by atoms with Gasteiger partial charge in [0.15, 0.2) is 47.1 Å². The molecule has 0 saturated carbocycles. The SMILES string of the molecule is C=CCOC(=O)c1ccc(N)c(OC(C)C)c1OCC=C.C=CCOC(=O)c1ccc([N+](=O)[O-])c(OC(C)C)c1OCC=C.CC(=O)Oc1c(C=O)ccc([N+](=O)[O-])c1OC(C)C.CC(C)Oc1c([N+](=O)[O-])ccc(C(=O)O)c1O.CC(C)Oc1c([N+](=O)[O-])ccc(C=O)c1O. The van der Waals surface area contributed by atoms with E-state index < -0.39 is 78.2 Å². The van der Waals surface area contributed by atoms with Crippen LogP contribution in [0.4, 0.5) is 28.4 Å². The lowest BCUT2D eigenvalue weighted by atomic mass is 10.1. The Kier molecular flexibility index (Phi) is 34.7. The van der Waals surface area contributed by atoms with Crippen LogP contribution in [0.1, 0.15) is 128 Å². The summed E-state index contributed by atoms with van der Waals surface area (Å²) in [5.41, 5.74) is 4.63. The minimum atomic E-state index is -1.38. The molecule has 0 atom stereocenters. The molecule has 0 unspecified atom stereocenters. The van der Waals surface area contributed by atoms with Crippen LogP contribution in [-0.4, -0.2) is 128 Å². The summed E-state index contributed by atoms with van der Waals surface area (Å²) in [6.07, 6.45) is 5.17. The van der Waals surface area contributed by atoms with Crippen LogP contribution in [-0.2, 0) is 14.3 Å². The van der Waals surface area contributed by atoms with Crippen molar-refractivity contribution in [3.8, 4) is 57.5 Å². The number of nitro benzene ring substituents is 4. The van der Waals surface area contributed by atoms with Gasteiger partial charge in [-0.25, -0.2) is 14.4 Å². The van der Waals surface area contributed by atoms with Gasteiger partial charge in [0.25, 0.3) is 0 Å². The van der Waals surface area contributed by atoms with Crippen molar-refractivity contribution in [2.45, 2.75) is 107 Å². The second kappa shape index (κ2) is 40.7. The van der Waals surface area contributed by atoms with Gasteiger partial charge >= 0.3 is 46.6 Å². The lowest BCUT2D eigenvalue weighted by Crippen LogP contribution is -2.13. The summed E-state index contributed by atoms with van der Waals surface area (Å²) < 4.78 is 52.5. The standard InChI is InChI=1S/C16H19NO6.C16H21NO4.C12H13NO6.C10H11NO6.C10H11NO5/c1-5-9-21-14-12(16(18)22-10-6-2)7-8-13(17(19)20)15(14)23-11(3)4;1-5-9-19-14-12(16(18)20-10-6-2)7-8-13(17)15(14)21-11(3)4;1-7(2)18-12-10(13(16)17)5-4-9(6-14)11(12)19-8(3)15;1-5(2)17-9-7(11(15)16)4-3-6(8(9)12)10(13)14;1-6(2)16-10-8(11(14)15)4-3-7(5-12)9(10)13/h5-8,11H,1-2,9-10H2,3-4H3;5-8,11H,1-2,9-10,17H2,3-4H3;4-7H,1-3H3;3-5,12H,1-2H3,(H,13,14);3-6,13H,1-2H3. The summed E-state index contributed by atoms with van der Waals surface area (Å²) in [5, 5.41) is 71.5. The Labute approximate surface area is 550 Å². The van der Waals surface area contributed by atoms with Crippen molar-refractivity contribution in [1.29, 1.82) is 0 Å². The summed E-state index contributed by atoms with van der Waals surface area (Å²) in [6.45, 7) is 32.6. The Morgan fingerprint density at radius 1 is 0.448 bits per heavy atom. The fourth-order valence-corrected chi connectivity index (χ4v) is 7.10. The number of aromatic hydroxyl groups is 2. The molecule has 0 fully saturated rings. The molecule has 96 heavy (non-hydrogen) atoms. The Bertz CT molecular complexity index is 3630. The molecule has 0 saturated heterocycles. The Morgan fingerprint density at radius 3 is 1.11 bits per heavy atom. The molecular weight excluding hydrogens is 1270 g/mol.